The highest BCUT2D eigenvalue weighted by Crippen LogP contribution is 2.29. The van der Waals surface area contributed by atoms with Crippen LogP contribution in [0.25, 0.3) is 6.08 Å². The van der Waals surface area contributed by atoms with Crippen LogP contribution in [0.3, 0.4) is 0 Å². The maximum Gasteiger partial charge on any atom is 0.260 e. The molecule has 1 aromatic carbocycles. The molecule has 24 heavy (non-hydrogen) atoms. The van der Waals surface area contributed by atoms with Gasteiger partial charge in [-0.15, -0.1) is 0 Å². The number of morpholine rings is 1. The monoisotopic (exact) mass is 336 g/mol. The molecule has 0 radical (unpaired) electrons. The summed E-state index contributed by atoms with van der Waals surface area (Å²) in [4.78, 5) is 23.6. The fourth-order valence-electron chi connectivity index (χ4n) is 2.21. The predicted octanol–water partition coefficient (Wildman–Crippen LogP) is 1.57. The van der Waals surface area contributed by atoms with Gasteiger partial charge in [0.1, 0.15) is 0 Å². The van der Waals surface area contributed by atoms with Crippen molar-refractivity contribution in [2.24, 2.45) is 0 Å². The summed E-state index contributed by atoms with van der Waals surface area (Å²) in [6, 6.07) is 4.94. The van der Waals surface area contributed by atoms with Gasteiger partial charge in [0.2, 0.25) is 6.20 Å². The van der Waals surface area contributed by atoms with Crippen molar-refractivity contribution >= 4 is 12.0 Å². The van der Waals surface area contributed by atoms with Crippen LogP contribution in [0.5, 0.6) is 11.5 Å². The van der Waals surface area contributed by atoms with Crippen molar-refractivity contribution in [3.8, 4) is 11.5 Å². The molecule has 0 atom stereocenters. The van der Waals surface area contributed by atoms with Crippen LogP contribution in [0, 0.1) is 10.1 Å². The summed E-state index contributed by atoms with van der Waals surface area (Å²) >= 11 is 0. The van der Waals surface area contributed by atoms with E-state index in [1.807, 2.05) is 6.92 Å². The Morgan fingerprint density at radius 1 is 1.33 bits per heavy atom. The summed E-state index contributed by atoms with van der Waals surface area (Å²) in [6.07, 6.45) is 2.22. The third kappa shape index (κ3) is 5.24. The highest BCUT2D eigenvalue weighted by atomic mass is 16.6. The van der Waals surface area contributed by atoms with Gasteiger partial charge in [-0.05, 0) is 24.6 Å². The van der Waals surface area contributed by atoms with E-state index < -0.39 is 4.92 Å². The minimum atomic E-state index is -0.536. The molecule has 0 N–H and O–H groups in total. The topological polar surface area (TPSA) is 91.1 Å². The molecule has 1 saturated heterocycles. The SMILES string of the molecule is CCOc1cc(/C=C/[N+](=O)[O-])ccc1OCC(=O)N1CCOCC1. The maximum atomic E-state index is 12.1. The molecule has 0 unspecified atom stereocenters. The second-order valence-electron chi connectivity index (χ2n) is 5.02. The summed E-state index contributed by atoms with van der Waals surface area (Å²) in [5.74, 6) is 0.757. The number of carbonyl (C=O) groups excluding carboxylic acids is 1. The van der Waals surface area contributed by atoms with Crippen LogP contribution < -0.4 is 9.47 Å². The maximum absolute atomic E-state index is 12.1. The quantitative estimate of drug-likeness (QED) is 0.554. The van der Waals surface area contributed by atoms with Gasteiger partial charge in [-0.3, -0.25) is 14.9 Å². The summed E-state index contributed by atoms with van der Waals surface area (Å²) in [7, 11) is 0. The van der Waals surface area contributed by atoms with Crippen LogP contribution in [-0.4, -0.2) is 55.2 Å². The summed E-state index contributed by atoms with van der Waals surface area (Å²) in [5, 5.41) is 10.4. The molecule has 0 aromatic heterocycles. The van der Waals surface area contributed by atoms with Gasteiger partial charge in [0.05, 0.1) is 24.7 Å². The van der Waals surface area contributed by atoms with Gasteiger partial charge in [0, 0.05) is 19.2 Å². The van der Waals surface area contributed by atoms with E-state index in [9.17, 15) is 14.9 Å². The number of hydrogen-bond donors (Lipinski definition) is 0. The number of carbonyl (C=O) groups is 1. The van der Waals surface area contributed by atoms with Crippen LogP contribution in [-0.2, 0) is 9.53 Å². The van der Waals surface area contributed by atoms with Crippen molar-refractivity contribution in [1.82, 2.24) is 4.90 Å². The molecule has 1 amide bonds. The molecule has 1 aliphatic heterocycles. The normalized spacial score (nSPS) is 14.6. The highest BCUT2D eigenvalue weighted by Gasteiger charge is 2.18. The lowest BCUT2D eigenvalue weighted by atomic mass is 10.2. The lowest BCUT2D eigenvalue weighted by Crippen LogP contribution is -2.43. The Kier molecular flexibility index (Phi) is 6.56. The van der Waals surface area contributed by atoms with Gasteiger partial charge in [-0.25, -0.2) is 0 Å². The Balaban J connectivity index is 2.02. The number of ether oxygens (including phenoxy) is 3. The molecule has 0 spiro atoms. The van der Waals surface area contributed by atoms with Crippen molar-refractivity contribution in [3.63, 3.8) is 0 Å². The summed E-state index contributed by atoms with van der Waals surface area (Å²) < 4.78 is 16.3. The molecule has 1 aromatic rings. The predicted molar refractivity (Wildman–Crippen MR) is 86.5 cm³/mol. The van der Waals surface area contributed by atoms with Gasteiger partial charge >= 0.3 is 0 Å². The third-order valence-electron chi connectivity index (χ3n) is 3.37. The molecule has 0 bridgehead atoms. The van der Waals surface area contributed by atoms with E-state index in [4.69, 9.17) is 14.2 Å². The lowest BCUT2D eigenvalue weighted by Gasteiger charge is -2.26. The summed E-state index contributed by atoms with van der Waals surface area (Å²) in [5.41, 5.74) is 0.613. The second kappa shape index (κ2) is 8.88. The number of amides is 1. The lowest BCUT2D eigenvalue weighted by molar-refractivity contribution is -0.400. The Morgan fingerprint density at radius 3 is 2.75 bits per heavy atom. The Labute approximate surface area is 139 Å². The fourth-order valence-corrected chi connectivity index (χ4v) is 2.21. The zero-order chi connectivity index (χ0) is 17.4. The van der Waals surface area contributed by atoms with Gasteiger partial charge in [-0.2, -0.15) is 0 Å². The van der Waals surface area contributed by atoms with Crippen molar-refractivity contribution in [2.45, 2.75) is 6.92 Å². The fraction of sp³-hybridized carbons (Fsp3) is 0.438. The molecule has 130 valence electrons. The number of nitro groups is 1. The minimum Gasteiger partial charge on any atom is -0.490 e. The van der Waals surface area contributed by atoms with E-state index in [2.05, 4.69) is 0 Å². The number of nitrogens with zero attached hydrogens (tertiary/aromatic N) is 2. The van der Waals surface area contributed by atoms with Crippen molar-refractivity contribution in [1.29, 1.82) is 0 Å². The van der Waals surface area contributed by atoms with Crippen molar-refractivity contribution in [2.75, 3.05) is 39.5 Å². The largest absolute Gasteiger partial charge is 0.490 e. The zero-order valence-corrected chi connectivity index (χ0v) is 13.5. The first kappa shape index (κ1) is 17.7. The average Bonchev–Trinajstić information content (AvgIpc) is 2.60. The van der Waals surface area contributed by atoms with Crippen LogP contribution in [0.1, 0.15) is 12.5 Å². The Bertz CT molecular complexity index is 611. The van der Waals surface area contributed by atoms with Gasteiger partial charge in [0.25, 0.3) is 5.91 Å². The molecule has 8 nitrogen and oxygen atoms in total. The van der Waals surface area contributed by atoms with E-state index >= 15 is 0 Å². The van der Waals surface area contributed by atoms with E-state index in [0.717, 1.165) is 6.20 Å². The molecule has 1 heterocycles. The average molecular weight is 336 g/mol. The second-order valence-corrected chi connectivity index (χ2v) is 5.02. The van der Waals surface area contributed by atoms with E-state index in [1.54, 1.807) is 23.1 Å². The molecule has 2 rings (SSSR count). The van der Waals surface area contributed by atoms with Gasteiger partial charge in [0.15, 0.2) is 18.1 Å². The van der Waals surface area contributed by atoms with E-state index in [1.165, 1.54) is 6.08 Å². The molecular weight excluding hydrogens is 316 g/mol. The van der Waals surface area contributed by atoms with Gasteiger partial charge in [-0.1, -0.05) is 6.07 Å². The first-order chi connectivity index (χ1) is 11.6. The Morgan fingerprint density at radius 2 is 2.08 bits per heavy atom. The minimum absolute atomic E-state index is 0.0931. The van der Waals surface area contributed by atoms with Crippen LogP contribution in [0.4, 0.5) is 0 Å². The molecule has 0 aliphatic carbocycles. The summed E-state index contributed by atoms with van der Waals surface area (Å²) in [6.45, 7) is 4.33. The van der Waals surface area contributed by atoms with E-state index in [0.29, 0.717) is 50.0 Å². The van der Waals surface area contributed by atoms with Crippen LogP contribution in [0.2, 0.25) is 0 Å². The van der Waals surface area contributed by atoms with Crippen LogP contribution in [0.15, 0.2) is 24.4 Å². The molecule has 1 fully saturated rings. The number of benzene rings is 1. The smallest absolute Gasteiger partial charge is 0.260 e. The standard InChI is InChI=1S/C16H20N2O6/c1-2-23-15-11-13(5-6-18(20)21)3-4-14(15)24-12-16(19)17-7-9-22-10-8-17/h3-6,11H,2,7-10,12H2,1H3/b6-5+. The molecule has 1 aliphatic rings. The Hall–Kier alpha value is -2.61. The van der Waals surface area contributed by atoms with Crippen molar-refractivity contribution in [3.05, 3.63) is 40.1 Å². The number of rotatable bonds is 7. The zero-order valence-electron chi connectivity index (χ0n) is 13.5. The van der Waals surface area contributed by atoms with E-state index in [-0.39, 0.29) is 12.5 Å². The molecular formula is C16H20N2O6. The van der Waals surface area contributed by atoms with Gasteiger partial charge < -0.3 is 19.1 Å². The van der Waals surface area contributed by atoms with Crippen LogP contribution >= 0.6 is 0 Å². The first-order valence-electron chi connectivity index (χ1n) is 7.67. The molecule has 0 saturated carbocycles. The molecule has 8 heteroatoms. The number of hydrogen-bond acceptors (Lipinski definition) is 6. The van der Waals surface area contributed by atoms with Crippen molar-refractivity contribution < 1.29 is 23.9 Å². The first-order valence-corrected chi connectivity index (χ1v) is 7.67. The highest BCUT2D eigenvalue weighted by molar-refractivity contribution is 5.78. The third-order valence-corrected chi connectivity index (χ3v) is 3.37.